The molecule has 0 radical (unpaired) electrons. The van der Waals surface area contributed by atoms with Crippen molar-refractivity contribution < 1.29 is 42.9 Å². The van der Waals surface area contributed by atoms with Crippen molar-refractivity contribution in [3.63, 3.8) is 0 Å². The molecule has 0 rings (SSSR count). The molecule has 0 amide bonds. The molecule has 2 atom stereocenters. The van der Waals surface area contributed by atoms with Gasteiger partial charge in [-0.3, -0.25) is 9.59 Å². The van der Waals surface area contributed by atoms with Crippen LogP contribution >= 0.6 is 0 Å². The Morgan fingerprint density at radius 1 is 0.373 bits per heavy atom. The minimum Gasteiger partial charge on any atom is -0.545 e. The Bertz CT molecular complexity index is 1780. The minimum absolute atomic E-state index is 0.141. The zero-order valence-corrected chi connectivity index (χ0v) is 54.0. The summed E-state index contributed by atoms with van der Waals surface area (Å²) in [5.74, 6) is -2.29. The second kappa shape index (κ2) is 63.7. The average Bonchev–Trinajstić information content (AvgIpc) is 3.46. The second-order valence-electron chi connectivity index (χ2n) is 23.4. The Morgan fingerprint density at radius 3 is 1.02 bits per heavy atom. The number of esters is 2. The van der Waals surface area contributed by atoms with E-state index in [1.54, 1.807) is 0 Å². The lowest BCUT2D eigenvalue weighted by Gasteiger charge is -2.26. The first kappa shape index (κ1) is 78.7. The molecule has 0 saturated heterocycles. The topological polar surface area (TPSA) is 111 Å². The molecule has 0 bridgehead atoms. The summed E-state index contributed by atoms with van der Waals surface area (Å²) in [5, 5.41) is 11.8. The fourth-order valence-corrected chi connectivity index (χ4v) is 9.05. The van der Waals surface area contributed by atoms with E-state index in [1.165, 1.54) is 135 Å². The molecule has 0 aromatic carbocycles. The first-order chi connectivity index (χ1) is 40.6. The molecule has 0 spiro atoms. The highest BCUT2D eigenvalue weighted by molar-refractivity contribution is 5.70. The standard InChI is InChI=1S/C74H125NO8/c1-6-8-10-12-14-16-18-20-22-24-26-28-30-32-33-34-35-36-37-38-39-41-43-45-47-49-51-53-55-57-59-61-63-65-72(77)83-70(69-82-74(73(78)79)80-67-66-75(3,4)5)68-81-71(76)64-62-60-58-56-54-52-50-48-46-44-42-40-31-29-27-25-23-21-19-17-15-13-11-9-7-2/h8,10,14,16,19-22,25-28,31-33,35-36,38-40,70,74H,6-7,9,11-13,15,17-18,23-24,29-30,34,37,41-69H2,1-5H3/b10-8-,16-14-,21-19-,22-20-,27-25-,28-26-,33-32-,36-35-,39-38-,40-31-. The average molecular weight is 1160 g/mol. The van der Waals surface area contributed by atoms with Crippen LogP contribution < -0.4 is 5.11 Å². The number of likely N-dealkylation sites (N-methyl/N-ethyl adjacent to an activating group) is 1. The molecular formula is C74H125NO8. The molecule has 0 N–H and O–H groups in total. The van der Waals surface area contributed by atoms with Crippen molar-refractivity contribution in [3.8, 4) is 0 Å². The predicted octanol–water partition coefficient (Wildman–Crippen LogP) is 19.5. The molecule has 0 aliphatic carbocycles. The normalized spacial score (nSPS) is 13.5. The maximum atomic E-state index is 12.9. The van der Waals surface area contributed by atoms with Crippen molar-refractivity contribution in [1.82, 2.24) is 0 Å². The Balaban J connectivity index is 4.19. The van der Waals surface area contributed by atoms with Crippen molar-refractivity contribution in [2.24, 2.45) is 0 Å². The third-order valence-electron chi connectivity index (χ3n) is 14.2. The summed E-state index contributed by atoms with van der Waals surface area (Å²) in [6, 6.07) is 0. The number of hydrogen-bond donors (Lipinski definition) is 0. The fraction of sp³-hybridized carbons (Fsp3) is 0.689. The smallest absolute Gasteiger partial charge is 0.306 e. The van der Waals surface area contributed by atoms with Crippen LogP contribution in [-0.4, -0.2) is 82.3 Å². The summed E-state index contributed by atoms with van der Waals surface area (Å²) in [7, 11) is 5.92. The van der Waals surface area contributed by atoms with E-state index >= 15 is 0 Å². The monoisotopic (exact) mass is 1160 g/mol. The van der Waals surface area contributed by atoms with E-state index in [4.69, 9.17) is 18.9 Å². The molecule has 0 fully saturated rings. The number of nitrogens with zero attached hydrogens (tertiary/aromatic N) is 1. The van der Waals surface area contributed by atoms with E-state index in [1.807, 2.05) is 21.1 Å². The maximum absolute atomic E-state index is 12.9. The number of quaternary nitrogens is 1. The molecule has 0 aromatic rings. The second-order valence-corrected chi connectivity index (χ2v) is 23.4. The van der Waals surface area contributed by atoms with Crippen molar-refractivity contribution in [3.05, 3.63) is 122 Å². The molecule has 83 heavy (non-hydrogen) atoms. The molecule has 9 heteroatoms. The Kier molecular flexibility index (Phi) is 60.4. The number of carbonyl (C=O) groups is 3. The van der Waals surface area contributed by atoms with Gasteiger partial charge < -0.3 is 33.3 Å². The minimum atomic E-state index is -1.63. The van der Waals surface area contributed by atoms with E-state index in [0.29, 0.717) is 17.4 Å². The van der Waals surface area contributed by atoms with E-state index < -0.39 is 24.3 Å². The van der Waals surface area contributed by atoms with Crippen LogP contribution in [0.3, 0.4) is 0 Å². The van der Waals surface area contributed by atoms with Gasteiger partial charge in [0.1, 0.15) is 13.2 Å². The van der Waals surface area contributed by atoms with Gasteiger partial charge in [-0.15, -0.1) is 0 Å². The van der Waals surface area contributed by atoms with Gasteiger partial charge in [-0.25, -0.2) is 0 Å². The van der Waals surface area contributed by atoms with Crippen molar-refractivity contribution in [1.29, 1.82) is 0 Å². The number of aliphatic carboxylic acids is 1. The highest BCUT2D eigenvalue weighted by atomic mass is 16.7. The van der Waals surface area contributed by atoms with Crippen LogP contribution in [0.15, 0.2) is 122 Å². The van der Waals surface area contributed by atoms with Gasteiger partial charge in [-0.2, -0.15) is 0 Å². The lowest BCUT2D eigenvalue weighted by Crippen LogP contribution is -2.44. The van der Waals surface area contributed by atoms with Gasteiger partial charge in [-0.1, -0.05) is 270 Å². The largest absolute Gasteiger partial charge is 0.545 e. The number of ether oxygens (including phenoxy) is 4. The summed E-state index contributed by atoms with van der Waals surface area (Å²) < 4.78 is 22.8. The SMILES string of the molecule is CC/C=C\C/C=C\C/C=C\C/C=C\C/C=C\C/C=C\C/C=C\CCCCCCCCCCCCCC(=O)OC(COC(=O)CCCCCCCCCCCC/C=C\C/C=C\C/C=C\CCCCCCC)COC(OCC[N+](C)(C)C)C(=O)[O-]. The Hall–Kier alpha value is -4.31. The fourth-order valence-electron chi connectivity index (χ4n) is 9.05. The van der Waals surface area contributed by atoms with Gasteiger partial charge in [0.05, 0.1) is 40.3 Å². The number of carboxylic acid groups (broad SMARTS) is 1. The van der Waals surface area contributed by atoms with Crippen LogP contribution in [0.5, 0.6) is 0 Å². The Labute approximate surface area is 510 Å². The Morgan fingerprint density at radius 2 is 0.687 bits per heavy atom. The van der Waals surface area contributed by atoms with Crippen molar-refractivity contribution in [2.45, 2.75) is 283 Å². The number of allylic oxidation sites excluding steroid dienone is 20. The quantitative estimate of drug-likeness (QED) is 0.0195. The molecule has 474 valence electrons. The third-order valence-corrected chi connectivity index (χ3v) is 14.2. The molecule has 0 aromatic heterocycles. The van der Waals surface area contributed by atoms with E-state index in [0.717, 1.165) is 103 Å². The molecule has 9 nitrogen and oxygen atoms in total. The summed E-state index contributed by atoms with van der Waals surface area (Å²) in [6.45, 7) is 4.62. The van der Waals surface area contributed by atoms with Gasteiger partial charge in [-0.05, 0) is 109 Å². The molecule has 2 unspecified atom stereocenters. The van der Waals surface area contributed by atoms with Crippen LogP contribution in [0, 0.1) is 0 Å². The number of rotatable bonds is 61. The van der Waals surface area contributed by atoms with Gasteiger partial charge >= 0.3 is 11.9 Å². The van der Waals surface area contributed by atoms with E-state index in [2.05, 4.69) is 135 Å². The predicted molar refractivity (Wildman–Crippen MR) is 352 cm³/mol. The summed E-state index contributed by atoms with van der Waals surface area (Å²) >= 11 is 0. The van der Waals surface area contributed by atoms with Crippen LogP contribution in [0.1, 0.15) is 271 Å². The summed E-state index contributed by atoms with van der Waals surface area (Å²) in [4.78, 5) is 37.5. The zero-order valence-electron chi connectivity index (χ0n) is 54.0. The number of carboxylic acids is 1. The summed E-state index contributed by atoms with van der Waals surface area (Å²) in [6.07, 6.45) is 86.9. The van der Waals surface area contributed by atoms with E-state index in [9.17, 15) is 19.5 Å². The zero-order chi connectivity index (χ0) is 60.5. The molecule has 0 aliphatic heterocycles. The van der Waals surface area contributed by atoms with Gasteiger partial charge in [0.25, 0.3) is 0 Å². The van der Waals surface area contributed by atoms with Gasteiger partial charge in [0.15, 0.2) is 12.4 Å². The van der Waals surface area contributed by atoms with Crippen molar-refractivity contribution >= 4 is 17.9 Å². The van der Waals surface area contributed by atoms with Crippen LogP contribution in [0.4, 0.5) is 0 Å². The lowest BCUT2D eigenvalue weighted by atomic mass is 10.0. The van der Waals surface area contributed by atoms with Crippen LogP contribution in [0.2, 0.25) is 0 Å². The van der Waals surface area contributed by atoms with Crippen molar-refractivity contribution in [2.75, 3.05) is 47.5 Å². The molecule has 0 heterocycles. The molecular weight excluding hydrogens is 1030 g/mol. The maximum Gasteiger partial charge on any atom is 0.306 e. The van der Waals surface area contributed by atoms with E-state index in [-0.39, 0.29) is 38.6 Å². The van der Waals surface area contributed by atoms with Gasteiger partial charge in [0, 0.05) is 12.8 Å². The number of unbranched alkanes of at least 4 members (excludes halogenated alkanes) is 26. The van der Waals surface area contributed by atoms with Crippen LogP contribution in [-0.2, 0) is 33.3 Å². The van der Waals surface area contributed by atoms with Crippen LogP contribution in [0.25, 0.3) is 0 Å². The highest BCUT2D eigenvalue weighted by Gasteiger charge is 2.22. The first-order valence-corrected chi connectivity index (χ1v) is 33.7. The number of carbonyl (C=O) groups excluding carboxylic acids is 3. The summed E-state index contributed by atoms with van der Waals surface area (Å²) in [5.41, 5.74) is 0. The van der Waals surface area contributed by atoms with Gasteiger partial charge in [0.2, 0.25) is 0 Å². The third kappa shape index (κ3) is 65.1. The molecule has 0 aliphatic rings. The number of hydrogen-bond acceptors (Lipinski definition) is 8. The first-order valence-electron chi connectivity index (χ1n) is 33.7. The lowest BCUT2D eigenvalue weighted by molar-refractivity contribution is -0.870. The highest BCUT2D eigenvalue weighted by Crippen LogP contribution is 2.16. The molecule has 0 saturated carbocycles.